The zero-order chi connectivity index (χ0) is 11.0. The number of ketones is 1. The highest BCUT2D eigenvalue weighted by molar-refractivity contribution is 6.01. The molecule has 1 aromatic carbocycles. The van der Waals surface area contributed by atoms with Crippen molar-refractivity contribution < 1.29 is 9.53 Å². The maximum atomic E-state index is 12.1. The van der Waals surface area contributed by atoms with E-state index in [9.17, 15) is 4.79 Å². The highest BCUT2D eigenvalue weighted by Crippen LogP contribution is 2.27. The fourth-order valence-corrected chi connectivity index (χ4v) is 2.22. The summed E-state index contributed by atoms with van der Waals surface area (Å²) in [6.07, 6.45) is 3.49. The van der Waals surface area contributed by atoms with Crippen LogP contribution in [0.2, 0.25) is 0 Å². The smallest absolute Gasteiger partial charge is 0.219 e. The number of carbonyl (C=O) groups excluding carboxylic acids is 1. The van der Waals surface area contributed by atoms with Crippen molar-refractivity contribution in [3.63, 3.8) is 0 Å². The average Bonchev–Trinajstić information content (AvgIpc) is 2.97. The lowest BCUT2D eigenvalue weighted by atomic mass is 10.1. The number of Topliss-reactive ketones (excluding diaryl/α,β-unsaturated/α-hetero) is 1. The van der Waals surface area contributed by atoms with Crippen LogP contribution in [0.3, 0.4) is 0 Å². The highest BCUT2D eigenvalue weighted by Gasteiger charge is 2.30. The van der Waals surface area contributed by atoms with Crippen molar-refractivity contribution >= 4 is 11.5 Å². The van der Waals surface area contributed by atoms with E-state index in [2.05, 4.69) is 11.4 Å². The van der Waals surface area contributed by atoms with E-state index in [0.717, 1.165) is 18.5 Å². The van der Waals surface area contributed by atoms with Gasteiger partial charge in [-0.1, -0.05) is 18.2 Å². The van der Waals surface area contributed by atoms with Crippen molar-refractivity contribution in [1.82, 2.24) is 0 Å². The normalized spacial score (nSPS) is 22.0. The Morgan fingerprint density at radius 3 is 3.00 bits per heavy atom. The molecule has 0 aromatic heterocycles. The number of rotatable bonds is 2. The lowest BCUT2D eigenvalue weighted by Gasteiger charge is -2.10. The molecule has 3 nitrogen and oxygen atoms in total. The molecule has 1 atom stereocenters. The number of anilines is 1. The highest BCUT2D eigenvalue weighted by atomic mass is 16.5. The van der Waals surface area contributed by atoms with Crippen LogP contribution in [0.25, 0.3) is 0 Å². The Labute approximate surface area is 94.1 Å². The Bertz CT molecular complexity index is 440. The number of benzene rings is 1. The number of hydrogen-bond donors (Lipinski definition) is 1. The van der Waals surface area contributed by atoms with Gasteiger partial charge in [-0.3, -0.25) is 4.79 Å². The zero-order valence-corrected chi connectivity index (χ0v) is 8.90. The van der Waals surface area contributed by atoms with Gasteiger partial charge < -0.3 is 10.1 Å². The lowest BCUT2D eigenvalue weighted by Crippen LogP contribution is -2.28. The van der Waals surface area contributed by atoms with Gasteiger partial charge in [0.2, 0.25) is 5.78 Å². The number of nitrogens with one attached hydrogen (secondary N) is 1. The van der Waals surface area contributed by atoms with E-state index < -0.39 is 0 Å². The number of fused-ring (bicyclic) bond motifs is 1. The average molecular weight is 215 g/mol. The van der Waals surface area contributed by atoms with Gasteiger partial charge in [-0.25, -0.2) is 0 Å². The first kappa shape index (κ1) is 9.46. The summed E-state index contributed by atoms with van der Waals surface area (Å²) in [6.45, 7) is 0.640. The Kier molecular flexibility index (Phi) is 2.17. The summed E-state index contributed by atoms with van der Waals surface area (Å²) >= 11 is 0. The van der Waals surface area contributed by atoms with E-state index in [0.29, 0.717) is 12.4 Å². The molecule has 0 aliphatic carbocycles. The molecule has 0 fully saturated rings. The van der Waals surface area contributed by atoms with Crippen LogP contribution in [0.1, 0.15) is 12.0 Å². The molecule has 0 radical (unpaired) electrons. The summed E-state index contributed by atoms with van der Waals surface area (Å²) in [5.74, 6) is 0.610. The van der Waals surface area contributed by atoms with Gasteiger partial charge in [0.25, 0.3) is 0 Å². The molecule has 3 heteroatoms. The van der Waals surface area contributed by atoms with Gasteiger partial charge in [0.15, 0.2) is 5.76 Å². The van der Waals surface area contributed by atoms with Gasteiger partial charge >= 0.3 is 0 Å². The fraction of sp³-hybridized carbons (Fsp3) is 0.308. The van der Waals surface area contributed by atoms with Gasteiger partial charge in [-0.15, -0.1) is 0 Å². The third kappa shape index (κ3) is 1.48. The van der Waals surface area contributed by atoms with Crippen LogP contribution in [0, 0.1) is 0 Å². The molecule has 0 bridgehead atoms. The molecule has 2 heterocycles. The second-order valence-electron chi connectivity index (χ2n) is 4.13. The van der Waals surface area contributed by atoms with Crippen LogP contribution in [0.15, 0.2) is 36.1 Å². The second kappa shape index (κ2) is 3.67. The van der Waals surface area contributed by atoms with E-state index in [-0.39, 0.29) is 11.8 Å². The molecule has 1 aromatic rings. The van der Waals surface area contributed by atoms with Gasteiger partial charge in [0, 0.05) is 18.5 Å². The van der Waals surface area contributed by atoms with Crippen LogP contribution in [0.5, 0.6) is 0 Å². The minimum absolute atomic E-state index is 0.0775. The van der Waals surface area contributed by atoms with E-state index in [1.54, 1.807) is 0 Å². The van der Waals surface area contributed by atoms with Crippen molar-refractivity contribution in [3.8, 4) is 0 Å². The van der Waals surface area contributed by atoms with E-state index in [1.165, 1.54) is 5.56 Å². The molecular weight excluding hydrogens is 202 g/mol. The summed E-state index contributed by atoms with van der Waals surface area (Å²) in [7, 11) is 0. The van der Waals surface area contributed by atoms with Crippen molar-refractivity contribution in [2.24, 2.45) is 0 Å². The minimum atomic E-state index is -0.151. The molecule has 0 saturated carbocycles. The van der Waals surface area contributed by atoms with E-state index in [4.69, 9.17) is 4.74 Å². The van der Waals surface area contributed by atoms with E-state index >= 15 is 0 Å². The summed E-state index contributed by atoms with van der Waals surface area (Å²) in [5.41, 5.74) is 2.28. The maximum Gasteiger partial charge on any atom is 0.219 e. The fourth-order valence-electron chi connectivity index (χ4n) is 2.22. The quantitative estimate of drug-likeness (QED) is 0.818. The second-order valence-corrected chi connectivity index (χ2v) is 4.13. The molecule has 0 saturated heterocycles. The van der Waals surface area contributed by atoms with Gasteiger partial charge in [-0.2, -0.15) is 0 Å². The summed E-state index contributed by atoms with van der Waals surface area (Å²) in [5, 5.41) is 3.24. The van der Waals surface area contributed by atoms with E-state index in [1.807, 2.05) is 24.3 Å². The Morgan fingerprint density at radius 2 is 2.25 bits per heavy atom. The summed E-state index contributed by atoms with van der Waals surface area (Å²) in [4.78, 5) is 12.1. The predicted molar refractivity (Wildman–Crippen MR) is 61.2 cm³/mol. The SMILES string of the molecule is O=C(C1=CCCO1)C1Cc2ccccc2N1. The van der Waals surface area contributed by atoms with Crippen molar-refractivity contribution in [2.45, 2.75) is 18.9 Å². The van der Waals surface area contributed by atoms with Crippen molar-refractivity contribution in [1.29, 1.82) is 0 Å². The van der Waals surface area contributed by atoms with Gasteiger partial charge in [0.1, 0.15) is 0 Å². The summed E-state index contributed by atoms with van der Waals surface area (Å²) in [6, 6.07) is 7.89. The molecule has 0 amide bonds. The molecular formula is C13H13NO2. The topological polar surface area (TPSA) is 38.3 Å². The lowest BCUT2D eigenvalue weighted by molar-refractivity contribution is -0.119. The molecule has 16 heavy (non-hydrogen) atoms. The Morgan fingerprint density at radius 1 is 1.38 bits per heavy atom. The first-order valence-corrected chi connectivity index (χ1v) is 5.56. The molecule has 2 aliphatic rings. The van der Waals surface area contributed by atoms with Crippen LogP contribution in [-0.4, -0.2) is 18.4 Å². The molecule has 82 valence electrons. The summed E-state index contributed by atoms with van der Waals surface area (Å²) < 4.78 is 5.30. The predicted octanol–water partition coefficient (Wildman–Crippen LogP) is 1.90. The Balaban J connectivity index is 1.78. The van der Waals surface area contributed by atoms with Crippen LogP contribution in [-0.2, 0) is 16.0 Å². The minimum Gasteiger partial charge on any atom is -0.490 e. The van der Waals surface area contributed by atoms with Gasteiger partial charge in [0.05, 0.1) is 12.6 Å². The number of hydrogen-bond acceptors (Lipinski definition) is 3. The third-order valence-corrected chi connectivity index (χ3v) is 3.04. The monoisotopic (exact) mass is 215 g/mol. The molecule has 1 N–H and O–H groups in total. The molecule has 0 spiro atoms. The maximum absolute atomic E-state index is 12.1. The first-order chi connectivity index (χ1) is 7.84. The first-order valence-electron chi connectivity index (χ1n) is 5.56. The van der Waals surface area contributed by atoms with Crippen LogP contribution in [0.4, 0.5) is 5.69 Å². The molecule has 2 aliphatic heterocycles. The Hall–Kier alpha value is -1.77. The molecule has 1 unspecified atom stereocenters. The largest absolute Gasteiger partial charge is 0.490 e. The van der Waals surface area contributed by atoms with Crippen molar-refractivity contribution in [2.75, 3.05) is 11.9 Å². The number of ether oxygens (including phenoxy) is 1. The number of para-hydroxylation sites is 1. The van der Waals surface area contributed by atoms with Crippen molar-refractivity contribution in [3.05, 3.63) is 41.7 Å². The molecule has 3 rings (SSSR count). The standard InChI is InChI=1S/C13H13NO2/c15-13(12-6-3-7-16-12)11-8-9-4-1-2-5-10(9)14-11/h1-2,4-6,11,14H,3,7-8H2. The van der Waals surface area contributed by atoms with Crippen LogP contribution >= 0.6 is 0 Å². The van der Waals surface area contributed by atoms with Crippen LogP contribution < -0.4 is 5.32 Å². The van der Waals surface area contributed by atoms with Gasteiger partial charge in [-0.05, 0) is 17.7 Å². The number of carbonyl (C=O) groups is 1. The zero-order valence-electron chi connectivity index (χ0n) is 8.90. The third-order valence-electron chi connectivity index (χ3n) is 3.04.